The summed E-state index contributed by atoms with van der Waals surface area (Å²) < 4.78 is 0. The number of fused-ring (bicyclic) bond motifs is 1. The molecule has 3 heterocycles. The molecule has 0 fully saturated rings. The number of nitrogens with one attached hydrogen (secondary N) is 2. The number of hydrazone groups is 1. The van der Waals surface area contributed by atoms with Crippen LogP contribution >= 0.6 is 0 Å². The van der Waals surface area contributed by atoms with Gasteiger partial charge in [0.2, 0.25) is 0 Å². The maximum absolute atomic E-state index is 12.4. The van der Waals surface area contributed by atoms with Crippen molar-refractivity contribution in [2.24, 2.45) is 5.10 Å². The maximum Gasteiger partial charge on any atom is 0.273 e. The van der Waals surface area contributed by atoms with Gasteiger partial charge in [-0.15, -0.1) is 0 Å². The lowest BCUT2D eigenvalue weighted by Crippen LogP contribution is -2.15. The lowest BCUT2D eigenvalue weighted by molar-refractivity contribution is -0.116. The van der Waals surface area contributed by atoms with Crippen molar-refractivity contribution in [3.63, 3.8) is 0 Å². The molecule has 1 aliphatic heterocycles. The van der Waals surface area contributed by atoms with Gasteiger partial charge in [0.25, 0.3) is 5.91 Å². The van der Waals surface area contributed by atoms with Gasteiger partial charge >= 0.3 is 0 Å². The summed E-state index contributed by atoms with van der Waals surface area (Å²) in [6, 6.07) is 1.81. The molecular formula is C19H22N6O. The van der Waals surface area contributed by atoms with E-state index in [2.05, 4.69) is 44.7 Å². The quantitative estimate of drug-likeness (QED) is 0.821. The van der Waals surface area contributed by atoms with Gasteiger partial charge in [-0.3, -0.25) is 4.79 Å². The van der Waals surface area contributed by atoms with Gasteiger partial charge in [-0.25, -0.2) is 5.43 Å². The molecule has 2 aromatic heterocycles. The fourth-order valence-corrected chi connectivity index (χ4v) is 3.66. The molecule has 2 N–H and O–H groups in total. The number of aromatic amines is 1. The molecule has 0 atom stereocenters. The van der Waals surface area contributed by atoms with Gasteiger partial charge in [-0.1, -0.05) is 0 Å². The molecular weight excluding hydrogens is 328 g/mol. The molecule has 1 aliphatic carbocycles. The molecule has 0 aromatic carbocycles. The highest BCUT2D eigenvalue weighted by Crippen LogP contribution is 2.30. The van der Waals surface area contributed by atoms with Crippen molar-refractivity contribution in [2.75, 3.05) is 14.1 Å². The molecule has 134 valence electrons. The predicted octanol–water partition coefficient (Wildman–Crippen LogP) is 1.66. The second-order valence-corrected chi connectivity index (χ2v) is 7.01. The van der Waals surface area contributed by atoms with E-state index < -0.39 is 0 Å². The topological polar surface area (TPSA) is 86.3 Å². The Morgan fingerprint density at radius 3 is 2.85 bits per heavy atom. The molecule has 0 radical (unpaired) electrons. The van der Waals surface area contributed by atoms with Gasteiger partial charge in [0.15, 0.2) is 0 Å². The van der Waals surface area contributed by atoms with Crippen molar-refractivity contribution in [1.29, 1.82) is 0 Å². The Bertz CT molecular complexity index is 894. The van der Waals surface area contributed by atoms with Gasteiger partial charge in [-0.05, 0) is 63.0 Å². The maximum atomic E-state index is 12.4. The van der Waals surface area contributed by atoms with E-state index in [9.17, 15) is 4.79 Å². The van der Waals surface area contributed by atoms with Crippen molar-refractivity contribution in [3.05, 3.63) is 52.1 Å². The first-order valence-corrected chi connectivity index (χ1v) is 8.88. The fraction of sp³-hybridized carbons (Fsp3) is 0.368. The third-order valence-corrected chi connectivity index (χ3v) is 4.83. The van der Waals surface area contributed by atoms with Gasteiger partial charge in [-0.2, -0.15) is 15.3 Å². The predicted molar refractivity (Wildman–Crippen MR) is 99.5 cm³/mol. The SMILES string of the molecule is CN(C)Cc1c(C=C2C(=O)NN=C2c2ccnnc2)[nH]c2c1CCCC2. The molecule has 7 nitrogen and oxygen atoms in total. The minimum Gasteiger partial charge on any atom is -0.358 e. The molecule has 7 heteroatoms. The van der Waals surface area contributed by atoms with Crippen LogP contribution in [0.2, 0.25) is 0 Å². The molecule has 2 aromatic rings. The number of carbonyl (C=O) groups is 1. The van der Waals surface area contributed by atoms with Crippen LogP contribution in [0.5, 0.6) is 0 Å². The summed E-state index contributed by atoms with van der Waals surface area (Å²) in [7, 11) is 4.13. The van der Waals surface area contributed by atoms with E-state index in [-0.39, 0.29) is 5.91 Å². The lowest BCUT2D eigenvalue weighted by Gasteiger charge is -2.15. The first-order chi connectivity index (χ1) is 12.6. The van der Waals surface area contributed by atoms with Crippen LogP contribution in [0, 0.1) is 0 Å². The standard InChI is InChI=1S/C19H22N6O/c1-25(2)11-15-13-5-3-4-6-16(13)22-17(15)9-14-18(23-24-19(14)26)12-7-8-20-21-10-12/h7-10,22H,3-6,11H2,1-2H3,(H,24,26). The van der Waals surface area contributed by atoms with Crippen LogP contribution in [0.1, 0.15) is 40.9 Å². The van der Waals surface area contributed by atoms with Crippen molar-refractivity contribution in [1.82, 2.24) is 25.5 Å². The van der Waals surface area contributed by atoms with E-state index in [0.29, 0.717) is 11.3 Å². The monoisotopic (exact) mass is 350 g/mol. The average molecular weight is 350 g/mol. The van der Waals surface area contributed by atoms with E-state index in [0.717, 1.165) is 30.6 Å². The van der Waals surface area contributed by atoms with E-state index in [4.69, 9.17) is 0 Å². The van der Waals surface area contributed by atoms with E-state index in [1.54, 1.807) is 18.5 Å². The molecule has 2 aliphatic rings. The van der Waals surface area contributed by atoms with Crippen molar-refractivity contribution >= 4 is 17.7 Å². The molecule has 0 spiro atoms. The van der Waals surface area contributed by atoms with Gasteiger partial charge < -0.3 is 9.88 Å². The molecule has 26 heavy (non-hydrogen) atoms. The third kappa shape index (κ3) is 3.06. The number of aromatic nitrogens is 3. The van der Waals surface area contributed by atoms with Gasteiger partial charge in [0.05, 0.1) is 18.0 Å². The van der Waals surface area contributed by atoms with Crippen LogP contribution in [-0.4, -0.2) is 45.8 Å². The number of carbonyl (C=O) groups excluding carboxylic acids is 1. The highest BCUT2D eigenvalue weighted by Gasteiger charge is 2.26. The van der Waals surface area contributed by atoms with Crippen LogP contribution in [0.15, 0.2) is 29.1 Å². The number of nitrogens with zero attached hydrogens (tertiary/aromatic N) is 4. The minimum atomic E-state index is -0.194. The first kappa shape index (κ1) is 16.7. The second kappa shape index (κ2) is 6.84. The van der Waals surface area contributed by atoms with Crippen LogP contribution in [-0.2, 0) is 24.2 Å². The summed E-state index contributed by atoms with van der Waals surface area (Å²) in [4.78, 5) is 18.1. The minimum absolute atomic E-state index is 0.194. The number of H-pyrrole nitrogens is 1. The zero-order valence-electron chi connectivity index (χ0n) is 15.0. The molecule has 0 unspecified atom stereocenters. The number of rotatable bonds is 4. The number of hydrogen-bond acceptors (Lipinski definition) is 5. The molecule has 4 rings (SSSR count). The number of amides is 1. The summed E-state index contributed by atoms with van der Waals surface area (Å²) in [5.74, 6) is -0.194. The Hall–Kier alpha value is -2.80. The van der Waals surface area contributed by atoms with Crippen molar-refractivity contribution in [3.8, 4) is 0 Å². The summed E-state index contributed by atoms with van der Waals surface area (Å²) in [5, 5.41) is 11.9. The normalized spacial score (nSPS) is 18.2. The van der Waals surface area contributed by atoms with Gasteiger partial charge in [0.1, 0.15) is 5.71 Å². The first-order valence-electron chi connectivity index (χ1n) is 8.88. The summed E-state index contributed by atoms with van der Waals surface area (Å²) in [6.45, 7) is 0.843. The number of aryl methyl sites for hydroxylation is 1. The molecule has 0 bridgehead atoms. The molecule has 0 saturated carbocycles. The third-order valence-electron chi connectivity index (χ3n) is 4.83. The lowest BCUT2D eigenvalue weighted by atomic mass is 9.93. The van der Waals surface area contributed by atoms with Crippen molar-refractivity contribution < 1.29 is 4.79 Å². The largest absolute Gasteiger partial charge is 0.358 e. The zero-order chi connectivity index (χ0) is 18.1. The van der Waals surface area contributed by atoms with Gasteiger partial charge in [0, 0.05) is 23.5 Å². The Balaban J connectivity index is 1.78. The average Bonchev–Trinajstić information content (AvgIpc) is 3.17. The van der Waals surface area contributed by atoms with E-state index in [1.807, 2.05) is 6.08 Å². The van der Waals surface area contributed by atoms with E-state index in [1.165, 1.54) is 29.7 Å². The van der Waals surface area contributed by atoms with E-state index >= 15 is 0 Å². The summed E-state index contributed by atoms with van der Waals surface area (Å²) in [6.07, 6.45) is 9.74. The summed E-state index contributed by atoms with van der Waals surface area (Å²) in [5.41, 5.74) is 9.51. The number of hydrogen-bond donors (Lipinski definition) is 2. The Labute approximate surface area is 152 Å². The van der Waals surface area contributed by atoms with Crippen LogP contribution in [0.25, 0.3) is 6.08 Å². The highest BCUT2D eigenvalue weighted by atomic mass is 16.2. The molecule has 0 saturated heterocycles. The Kier molecular flexibility index (Phi) is 4.38. The highest BCUT2D eigenvalue weighted by molar-refractivity contribution is 6.33. The van der Waals surface area contributed by atoms with Crippen LogP contribution in [0.4, 0.5) is 0 Å². The summed E-state index contributed by atoms with van der Waals surface area (Å²) >= 11 is 0. The van der Waals surface area contributed by atoms with Crippen LogP contribution < -0.4 is 5.43 Å². The Morgan fingerprint density at radius 1 is 1.23 bits per heavy atom. The molecule has 1 amide bonds. The zero-order valence-corrected chi connectivity index (χ0v) is 15.0. The van der Waals surface area contributed by atoms with Crippen LogP contribution in [0.3, 0.4) is 0 Å². The second-order valence-electron chi connectivity index (χ2n) is 7.01. The Morgan fingerprint density at radius 2 is 2.08 bits per heavy atom. The smallest absolute Gasteiger partial charge is 0.273 e. The fourth-order valence-electron chi connectivity index (χ4n) is 3.66. The van der Waals surface area contributed by atoms with Crippen molar-refractivity contribution in [2.45, 2.75) is 32.2 Å².